The fraction of sp³-hybridized carbons (Fsp3) is 0.452. The van der Waals surface area contributed by atoms with E-state index in [1.165, 1.54) is 17.7 Å². The molecule has 0 spiro atoms. The van der Waals surface area contributed by atoms with E-state index in [1.807, 2.05) is 13.0 Å². The van der Waals surface area contributed by atoms with Gasteiger partial charge in [0.2, 0.25) is 0 Å². The quantitative estimate of drug-likeness (QED) is 0.0908. The molecule has 0 radical (unpaired) electrons. The fourth-order valence-electron chi connectivity index (χ4n) is 5.21. The molecule has 2 N–H and O–H groups in total. The molecule has 7 nitrogen and oxygen atoms in total. The summed E-state index contributed by atoms with van der Waals surface area (Å²) in [6, 6.07) is 11.7. The molecule has 2 aromatic rings. The highest BCUT2D eigenvalue weighted by Crippen LogP contribution is 2.56. The van der Waals surface area contributed by atoms with Crippen molar-refractivity contribution in [2.45, 2.75) is 83.7 Å². The molecule has 4 rings (SSSR count). The Kier molecular flexibility index (Phi) is 9.05. The Labute approximate surface area is 231 Å². The summed E-state index contributed by atoms with van der Waals surface area (Å²) < 4.78 is 29.3. The predicted octanol–water partition coefficient (Wildman–Crippen LogP) is 7.77. The van der Waals surface area contributed by atoms with Crippen LogP contribution in [0.4, 0.5) is 0 Å². The van der Waals surface area contributed by atoms with Gasteiger partial charge < -0.3 is 14.4 Å². The number of benzene rings is 2. The monoisotopic (exact) mass is 554 g/mol. The third-order valence-corrected chi connectivity index (χ3v) is 8.52. The summed E-state index contributed by atoms with van der Waals surface area (Å²) >= 11 is 0. The molecule has 2 aromatic carbocycles. The standard InChI is InChI=1S/C31H39O7P/c1-5-6-8-11-23-19-27(32)29(26-18-22(4)14-15-25(26)21(2)3)28(20-23)36-30(33)31(16-17-31)38-39(34,35)37-24-12-9-7-10-13-24/h7,9-10,12-13,18-20,25-26,32H,2,5-6,8,11,14-17H2,1,3-4H3,(H,34,35)/t25-,26+/m0/s1. The summed E-state index contributed by atoms with van der Waals surface area (Å²) in [5.41, 5.74) is 1.99. The van der Waals surface area contributed by atoms with Gasteiger partial charge in [-0.15, -0.1) is 0 Å². The summed E-state index contributed by atoms with van der Waals surface area (Å²) in [6.45, 7) is 10.3. The smallest absolute Gasteiger partial charge is 0.507 e. The Morgan fingerprint density at radius 2 is 1.90 bits per heavy atom. The fourth-order valence-corrected chi connectivity index (χ4v) is 6.33. The van der Waals surface area contributed by atoms with E-state index in [1.54, 1.807) is 24.3 Å². The molecule has 2 aliphatic carbocycles. The summed E-state index contributed by atoms with van der Waals surface area (Å²) in [5, 5.41) is 11.3. The van der Waals surface area contributed by atoms with Gasteiger partial charge in [0.05, 0.1) is 0 Å². The Balaban J connectivity index is 1.64. The van der Waals surface area contributed by atoms with Gasteiger partial charge in [0.15, 0.2) is 5.60 Å². The van der Waals surface area contributed by atoms with Crippen LogP contribution in [0.25, 0.3) is 0 Å². The van der Waals surface area contributed by atoms with Crippen LogP contribution in [0.2, 0.25) is 0 Å². The molecule has 2 aliphatic rings. The summed E-state index contributed by atoms with van der Waals surface area (Å²) in [7, 11) is -4.61. The van der Waals surface area contributed by atoms with Gasteiger partial charge in [0.1, 0.15) is 17.2 Å². The summed E-state index contributed by atoms with van der Waals surface area (Å²) in [6.07, 6.45) is 8.16. The van der Waals surface area contributed by atoms with E-state index in [2.05, 4.69) is 26.5 Å². The molecule has 0 bridgehead atoms. The number of phosphoric ester groups is 1. The molecule has 39 heavy (non-hydrogen) atoms. The van der Waals surface area contributed by atoms with E-state index in [0.29, 0.717) is 5.56 Å². The van der Waals surface area contributed by atoms with Gasteiger partial charge in [0.25, 0.3) is 0 Å². The van der Waals surface area contributed by atoms with Crippen molar-refractivity contribution in [2.75, 3.05) is 0 Å². The van der Waals surface area contributed by atoms with Crippen molar-refractivity contribution in [3.63, 3.8) is 0 Å². The summed E-state index contributed by atoms with van der Waals surface area (Å²) in [4.78, 5) is 23.9. The van der Waals surface area contributed by atoms with Gasteiger partial charge >= 0.3 is 13.8 Å². The lowest BCUT2D eigenvalue weighted by Crippen LogP contribution is -2.31. The van der Waals surface area contributed by atoms with Crippen LogP contribution >= 0.6 is 7.82 Å². The summed E-state index contributed by atoms with van der Waals surface area (Å²) in [5.74, 6) is -0.440. The molecular weight excluding hydrogens is 515 g/mol. The lowest BCUT2D eigenvalue weighted by molar-refractivity contribution is -0.145. The van der Waals surface area contributed by atoms with Gasteiger partial charge in [-0.05, 0) is 88.1 Å². The van der Waals surface area contributed by atoms with Crippen molar-refractivity contribution in [2.24, 2.45) is 5.92 Å². The number of unbranched alkanes of at least 4 members (excludes halogenated alkanes) is 2. The van der Waals surface area contributed by atoms with Crippen LogP contribution in [0.1, 0.15) is 82.8 Å². The van der Waals surface area contributed by atoms with Gasteiger partial charge in [-0.1, -0.05) is 61.8 Å². The van der Waals surface area contributed by atoms with E-state index >= 15 is 0 Å². The van der Waals surface area contributed by atoms with Crippen molar-refractivity contribution in [1.82, 2.24) is 0 Å². The van der Waals surface area contributed by atoms with Crippen LogP contribution in [-0.2, 0) is 20.3 Å². The topological polar surface area (TPSA) is 102 Å². The Morgan fingerprint density at radius 1 is 1.18 bits per heavy atom. The molecule has 1 fully saturated rings. The zero-order valence-electron chi connectivity index (χ0n) is 23.0. The zero-order chi connectivity index (χ0) is 28.2. The number of hydrogen-bond donors (Lipinski definition) is 2. The van der Waals surface area contributed by atoms with E-state index < -0.39 is 19.4 Å². The number of phenols is 1. The minimum atomic E-state index is -4.61. The van der Waals surface area contributed by atoms with Gasteiger partial charge in [-0.25, -0.2) is 9.36 Å². The molecule has 0 aliphatic heterocycles. The molecule has 1 unspecified atom stereocenters. The van der Waals surface area contributed by atoms with E-state index in [0.717, 1.165) is 49.7 Å². The van der Waals surface area contributed by atoms with Crippen LogP contribution in [0.15, 0.2) is 66.3 Å². The number of carbonyl (C=O) groups is 1. The maximum Gasteiger partial charge on any atom is 0.528 e. The predicted molar refractivity (Wildman–Crippen MR) is 151 cm³/mol. The SMILES string of the molecule is C=C(C)[C@@H]1CCC(C)=C[C@H]1c1c(O)cc(CCCCC)cc1OC(=O)C1(OP(=O)(O)Oc2ccccc2)CC1. The highest BCUT2D eigenvalue weighted by Gasteiger charge is 2.58. The third kappa shape index (κ3) is 7.21. The molecule has 0 saturated heterocycles. The third-order valence-electron chi connectivity index (χ3n) is 7.50. The van der Waals surface area contributed by atoms with Gasteiger partial charge in [-0.3, -0.25) is 9.42 Å². The minimum Gasteiger partial charge on any atom is -0.507 e. The largest absolute Gasteiger partial charge is 0.528 e. The number of rotatable bonds is 12. The molecule has 3 atom stereocenters. The van der Waals surface area contributed by atoms with Crippen molar-refractivity contribution in [3.05, 3.63) is 77.4 Å². The number of allylic oxidation sites excluding steroid dienone is 3. The lowest BCUT2D eigenvalue weighted by Gasteiger charge is -2.32. The average Bonchev–Trinajstić information content (AvgIpc) is 3.64. The second kappa shape index (κ2) is 12.1. The van der Waals surface area contributed by atoms with Crippen molar-refractivity contribution in [3.8, 4) is 17.2 Å². The number of phenolic OH excluding ortho intramolecular Hbond substituents is 1. The van der Waals surface area contributed by atoms with Gasteiger partial charge in [0, 0.05) is 11.5 Å². The molecule has 210 valence electrons. The first kappa shape index (κ1) is 29.1. The normalized spacial score (nSPS) is 21.4. The first-order valence-corrected chi connectivity index (χ1v) is 15.2. The molecule has 1 saturated carbocycles. The van der Waals surface area contributed by atoms with Crippen molar-refractivity contribution >= 4 is 13.8 Å². The number of aromatic hydroxyl groups is 1. The Bertz CT molecular complexity index is 1280. The second-order valence-electron chi connectivity index (χ2n) is 10.9. The molecule has 8 heteroatoms. The first-order valence-electron chi connectivity index (χ1n) is 13.7. The van der Waals surface area contributed by atoms with E-state index in [-0.39, 0.29) is 41.9 Å². The first-order chi connectivity index (χ1) is 18.5. The van der Waals surface area contributed by atoms with Crippen LogP contribution < -0.4 is 9.26 Å². The van der Waals surface area contributed by atoms with Crippen LogP contribution in [0.3, 0.4) is 0 Å². The average molecular weight is 555 g/mol. The molecule has 0 heterocycles. The molecule has 0 amide bonds. The number of para-hydroxylation sites is 1. The highest BCUT2D eigenvalue weighted by molar-refractivity contribution is 7.48. The maximum absolute atomic E-state index is 13.5. The van der Waals surface area contributed by atoms with Crippen molar-refractivity contribution in [1.29, 1.82) is 0 Å². The zero-order valence-corrected chi connectivity index (χ0v) is 23.9. The van der Waals surface area contributed by atoms with E-state index in [4.69, 9.17) is 13.8 Å². The van der Waals surface area contributed by atoms with Crippen molar-refractivity contribution < 1.29 is 33.1 Å². The number of hydrogen-bond acceptors (Lipinski definition) is 6. The molecule has 0 aromatic heterocycles. The van der Waals surface area contributed by atoms with Crippen LogP contribution in [-0.4, -0.2) is 21.6 Å². The Morgan fingerprint density at radius 3 is 2.54 bits per heavy atom. The number of ether oxygens (including phenoxy) is 1. The number of carbonyl (C=O) groups excluding carboxylic acids is 1. The van der Waals surface area contributed by atoms with Crippen LogP contribution in [0, 0.1) is 5.92 Å². The van der Waals surface area contributed by atoms with Gasteiger partial charge in [-0.2, -0.15) is 0 Å². The second-order valence-corrected chi connectivity index (χ2v) is 12.2. The maximum atomic E-state index is 13.5. The van der Waals surface area contributed by atoms with Crippen LogP contribution in [0.5, 0.6) is 17.2 Å². The minimum absolute atomic E-state index is 0.0694. The Hall–Kier alpha value is -2.86. The van der Waals surface area contributed by atoms with E-state index in [9.17, 15) is 19.4 Å². The molecular formula is C31H39O7P. The lowest BCUT2D eigenvalue weighted by atomic mass is 9.73. The number of phosphoric acid groups is 1. The number of aryl methyl sites for hydroxylation is 1. The highest BCUT2D eigenvalue weighted by atomic mass is 31.2. The number of esters is 1.